The molecule has 1 amide bonds. The average molecular weight is 436 g/mol. The third-order valence-electron chi connectivity index (χ3n) is 3.91. The Labute approximate surface area is 172 Å². The van der Waals surface area contributed by atoms with Crippen molar-refractivity contribution in [1.82, 2.24) is 15.3 Å². The third-order valence-corrected chi connectivity index (χ3v) is 5.71. The van der Waals surface area contributed by atoms with Crippen LogP contribution >= 0.6 is 11.8 Å². The molecule has 0 saturated carbocycles. The van der Waals surface area contributed by atoms with E-state index < -0.39 is 15.6 Å². The molecule has 29 heavy (non-hydrogen) atoms. The Morgan fingerprint density at radius 1 is 1.34 bits per heavy atom. The summed E-state index contributed by atoms with van der Waals surface area (Å²) in [5.41, 5.74) is 0.728. The van der Waals surface area contributed by atoms with E-state index in [4.69, 9.17) is 10.4 Å². The highest BCUT2D eigenvalue weighted by molar-refractivity contribution is 7.99. The van der Waals surface area contributed by atoms with Crippen molar-refractivity contribution >= 4 is 27.7 Å². The van der Waals surface area contributed by atoms with Gasteiger partial charge in [-0.05, 0) is 30.0 Å². The maximum Gasteiger partial charge on any atom is 0.269 e. The van der Waals surface area contributed by atoms with E-state index in [1.54, 1.807) is 12.1 Å². The molecule has 0 radical (unpaired) electrons. The average Bonchev–Trinajstić information content (AvgIpc) is 2.65. The number of aromatic amines is 1. The molecule has 0 bridgehead atoms. The zero-order valence-electron chi connectivity index (χ0n) is 15.9. The van der Waals surface area contributed by atoms with Crippen molar-refractivity contribution in [3.05, 3.63) is 51.4 Å². The Hall–Kier alpha value is -2.68. The number of aromatic nitrogens is 2. The molecule has 2 aromatic rings. The Balaban J connectivity index is 1.88. The second-order valence-electron chi connectivity index (χ2n) is 6.48. The van der Waals surface area contributed by atoms with Crippen molar-refractivity contribution in [2.45, 2.75) is 36.2 Å². The number of carbonyl (C=O) groups is 1. The molecule has 0 aliphatic carbocycles. The van der Waals surface area contributed by atoms with Crippen molar-refractivity contribution in [2.24, 2.45) is 5.14 Å². The summed E-state index contributed by atoms with van der Waals surface area (Å²) < 4.78 is 22.5. The maximum absolute atomic E-state index is 12.0. The Kier molecular flexibility index (Phi) is 7.55. The first kappa shape index (κ1) is 22.6. The zero-order valence-corrected chi connectivity index (χ0v) is 17.6. The number of amides is 1. The fourth-order valence-electron chi connectivity index (χ4n) is 2.44. The lowest BCUT2D eigenvalue weighted by Crippen LogP contribution is -2.27. The lowest BCUT2D eigenvalue weighted by atomic mass is 10.1. The van der Waals surface area contributed by atoms with Crippen molar-refractivity contribution in [3.8, 4) is 6.07 Å². The van der Waals surface area contributed by atoms with Gasteiger partial charge in [-0.1, -0.05) is 37.7 Å². The molecule has 9 nitrogen and oxygen atoms in total. The van der Waals surface area contributed by atoms with Crippen LogP contribution in [0.5, 0.6) is 0 Å². The Morgan fingerprint density at radius 2 is 2.00 bits per heavy atom. The number of hydrogen-bond donors (Lipinski definition) is 3. The lowest BCUT2D eigenvalue weighted by Gasteiger charge is -2.09. The second kappa shape index (κ2) is 9.69. The number of H-pyrrole nitrogens is 1. The van der Waals surface area contributed by atoms with E-state index in [1.165, 1.54) is 12.1 Å². The van der Waals surface area contributed by atoms with Crippen LogP contribution in [0.15, 0.2) is 39.1 Å². The minimum absolute atomic E-state index is 0.0118. The standard InChI is InChI=1S/C18H21N5O4S2/c1-11(2)16-14(9-19)17(25)23-18(22-16)28-10-15(24)21-8-7-12-3-5-13(6-4-12)29(20,26)27/h3-6,11H,7-8,10H2,1-2H3,(H,21,24)(H2,20,26,27)(H,22,23,25). The summed E-state index contributed by atoms with van der Waals surface area (Å²) in [5, 5.41) is 17.2. The van der Waals surface area contributed by atoms with Crippen molar-refractivity contribution in [1.29, 1.82) is 5.26 Å². The number of hydrogen-bond acceptors (Lipinski definition) is 7. The normalized spacial score (nSPS) is 11.3. The summed E-state index contributed by atoms with van der Waals surface area (Å²) >= 11 is 1.08. The number of nitriles is 1. The van der Waals surface area contributed by atoms with Gasteiger partial charge in [0.25, 0.3) is 5.56 Å². The number of nitrogens with zero attached hydrogens (tertiary/aromatic N) is 2. The van der Waals surface area contributed by atoms with Gasteiger partial charge in [0.05, 0.1) is 16.3 Å². The number of primary sulfonamides is 1. The predicted octanol–water partition coefficient (Wildman–Crippen LogP) is 0.863. The van der Waals surface area contributed by atoms with Gasteiger partial charge < -0.3 is 10.3 Å². The van der Waals surface area contributed by atoms with Crippen LogP contribution in [0.1, 0.15) is 36.6 Å². The van der Waals surface area contributed by atoms with Crippen LogP contribution in [0.2, 0.25) is 0 Å². The summed E-state index contributed by atoms with van der Waals surface area (Å²) in [7, 11) is -3.72. The van der Waals surface area contributed by atoms with Crippen molar-refractivity contribution in [2.75, 3.05) is 12.3 Å². The second-order valence-corrected chi connectivity index (χ2v) is 9.00. The SMILES string of the molecule is CC(C)c1nc(SCC(=O)NCCc2ccc(S(N)(=O)=O)cc2)[nH]c(=O)c1C#N. The monoisotopic (exact) mass is 435 g/mol. The smallest absolute Gasteiger partial charge is 0.269 e. The number of sulfonamides is 1. The van der Waals surface area contributed by atoms with Gasteiger partial charge in [0.2, 0.25) is 15.9 Å². The van der Waals surface area contributed by atoms with E-state index in [9.17, 15) is 18.0 Å². The molecule has 1 aromatic heterocycles. The molecule has 154 valence electrons. The summed E-state index contributed by atoms with van der Waals surface area (Å²) in [5.74, 6) is -0.286. The first-order chi connectivity index (χ1) is 13.6. The van der Waals surface area contributed by atoms with E-state index in [0.717, 1.165) is 17.3 Å². The summed E-state index contributed by atoms with van der Waals surface area (Å²) in [6, 6.07) is 7.97. The quantitative estimate of drug-likeness (QED) is 0.409. The van der Waals surface area contributed by atoms with E-state index in [0.29, 0.717) is 18.7 Å². The van der Waals surface area contributed by atoms with Gasteiger partial charge in [0, 0.05) is 6.54 Å². The van der Waals surface area contributed by atoms with Crippen LogP contribution in [-0.2, 0) is 21.2 Å². The predicted molar refractivity (Wildman–Crippen MR) is 109 cm³/mol. The first-order valence-corrected chi connectivity index (χ1v) is 11.2. The molecule has 0 aliphatic rings. The first-order valence-electron chi connectivity index (χ1n) is 8.67. The van der Waals surface area contributed by atoms with Crippen LogP contribution in [0, 0.1) is 11.3 Å². The molecule has 0 unspecified atom stereocenters. The third kappa shape index (κ3) is 6.42. The van der Waals surface area contributed by atoms with Gasteiger partial charge in [0.15, 0.2) is 5.16 Å². The van der Waals surface area contributed by atoms with Gasteiger partial charge >= 0.3 is 0 Å². The highest BCUT2D eigenvalue weighted by atomic mass is 32.2. The molecule has 11 heteroatoms. The number of carbonyl (C=O) groups excluding carboxylic acids is 1. The van der Waals surface area contributed by atoms with Crippen LogP contribution in [-0.4, -0.2) is 36.6 Å². The molecule has 0 saturated heterocycles. The molecule has 0 spiro atoms. The fraction of sp³-hybridized carbons (Fsp3) is 0.333. The molecule has 2 rings (SSSR count). The highest BCUT2D eigenvalue weighted by Gasteiger charge is 2.15. The number of rotatable bonds is 8. The number of thioether (sulfide) groups is 1. The maximum atomic E-state index is 12.0. The number of nitrogens with one attached hydrogen (secondary N) is 2. The van der Waals surface area contributed by atoms with Gasteiger partial charge in [-0.15, -0.1) is 0 Å². The van der Waals surface area contributed by atoms with E-state index in [2.05, 4.69) is 15.3 Å². The van der Waals surface area contributed by atoms with Gasteiger partial charge in [0.1, 0.15) is 11.6 Å². The Bertz CT molecular complexity index is 1090. The van der Waals surface area contributed by atoms with Crippen LogP contribution < -0.4 is 16.0 Å². The van der Waals surface area contributed by atoms with Gasteiger partial charge in [-0.3, -0.25) is 9.59 Å². The molecule has 4 N–H and O–H groups in total. The van der Waals surface area contributed by atoms with Crippen molar-refractivity contribution in [3.63, 3.8) is 0 Å². The number of benzene rings is 1. The molecule has 0 fully saturated rings. The lowest BCUT2D eigenvalue weighted by molar-refractivity contribution is -0.118. The van der Waals surface area contributed by atoms with Gasteiger partial charge in [-0.25, -0.2) is 18.5 Å². The largest absolute Gasteiger partial charge is 0.355 e. The van der Waals surface area contributed by atoms with E-state index in [-0.39, 0.29) is 33.2 Å². The zero-order chi connectivity index (χ0) is 21.6. The minimum Gasteiger partial charge on any atom is -0.355 e. The number of nitrogens with two attached hydrogens (primary N) is 1. The Morgan fingerprint density at radius 3 is 2.55 bits per heavy atom. The van der Waals surface area contributed by atoms with Crippen molar-refractivity contribution < 1.29 is 13.2 Å². The topological polar surface area (TPSA) is 159 Å². The molecule has 0 atom stereocenters. The van der Waals surface area contributed by atoms with Gasteiger partial charge in [-0.2, -0.15) is 5.26 Å². The molecule has 1 aromatic carbocycles. The minimum atomic E-state index is -3.72. The molecule has 1 heterocycles. The molecular weight excluding hydrogens is 414 g/mol. The summed E-state index contributed by atoms with van der Waals surface area (Å²) in [4.78, 5) is 30.8. The summed E-state index contributed by atoms with van der Waals surface area (Å²) in [6.07, 6.45) is 0.519. The molecule has 0 aliphatic heterocycles. The molecular formula is C18H21N5O4S2. The van der Waals surface area contributed by atoms with E-state index in [1.807, 2.05) is 19.9 Å². The van der Waals surface area contributed by atoms with E-state index >= 15 is 0 Å². The van der Waals surface area contributed by atoms with Crippen LogP contribution in [0.25, 0.3) is 0 Å². The fourth-order valence-corrected chi connectivity index (χ4v) is 3.65. The van der Waals surface area contributed by atoms with Crippen LogP contribution in [0.3, 0.4) is 0 Å². The highest BCUT2D eigenvalue weighted by Crippen LogP contribution is 2.18. The van der Waals surface area contributed by atoms with Crippen LogP contribution in [0.4, 0.5) is 0 Å². The summed E-state index contributed by atoms with van der Waals surface area (Å²) in [6.45, 7) is 4.03.